The molecule has 0 aliphatic heterocycles. The first kappa shape index (κ1) is 12.0. The minimum Gasteiger partial charge on any atom is -0.383 e. The molecule has 0 fully saturated rings. The molecule has 8 heteroatoms. The number of aromatic nitrogens is 2. The molecule has 5 nitrogen and oxygen atoms in total. The smallest absolute Gasteiger partial charge is 0.261 e. The summed E-state index contributed by atoms with van der Waals surface area (Å²) < 4.78 is 38.9. The van der Waals surface area contributed by atoms with Gasteiger partial charge in [-0.05, 0) is 12.1 Å². The van der Waals surface area contributed by atoms with Gasteiger partial charge in [0.2, 0.25) is 0 Å². The highest BCUT2D eigenvalue weighted by molar-refractivity contribution is 6.07. The van der Waals surface area contributed by atoms with Crippen LogP contribution in [-0.2, 0) is 0 Å². The molecule has 0 saturated carbocycles. The first-order valence-electron chi connectivity index (χ1n) is 4.74. The van der Waals surface area contributed by atoms with Crippen LogP contribution in [0, 0.1) is 17.5 Å². The molecule has 0 aliphatic rings. The van der Waals surface area contributed by atoms with Crippen molar-refractivity contribution in [1.82, 2.24) is 10.2 Å². The fraction of sp³-hybridized carbons (Fsp3) is 0. The van der Waals surface area contributed by atoms with Gasteiger partial charge in [0.1, 0.15) is 11.4 Å². The summed E-state index contributed by atoms with van der Waals surface area (Å²) in [5.74, 6) is -5.28. The third kappa shape index (κ3) is 1.99. The number of nitrogens with zero attached hydrogens (tertiary/aromatic N) is 1. The van der Waals surface area contributed by atoms with Gasteiger partial charge in [-0.3, -0.25) is 9.89 Å². The summed E-state index contributed by atoms with van der Waals surface area (Å²) in [6.45, 7) is 0. The van der Waals surface area contributed by atoms with Gasteiger partial charge in [0, 0.05) is 0 Å². The molecular formula is C10H7F3N4O. The minimum absolute atomic E-state index is 0.0181. The van der Waals surface area contributed by atoms with Crippen LogP contribution in [0.15, 0.2) is 18.3 Å². The molecule has 2 aromatic rings. The molecule has 0 radical (unpaired) electrons. The molecular weight excluding hydrogens is 249 g/mol. The maximum absolute atomic E-state index is 13.3. The van der Waals surface area contributed by atoms with Crippen LogP contribution in [0.4, 0.5) is 24.7 Å². The third-order valence-electron chi connectivity index (χ3n) is 2.20. The van der Waals surface area contributed by atoms with Gasteiger partial charge in [-0.2, -0.15) is 5.10 Å². The summed E-state index contributed by atoms with van der Waals surface area (Å²) in [6.07, 6.45) is 1.13. The molecule has 1 amide bonds. The van der Waals surface area contributed by atoms with Crippen LogP contribution in [0.2, 0.25) is 0 Å². The molecule has 1 aromatic carbocycles. The fourth-order valence-electron chi connectivity index (χ4n) is 1.29. The predicted octanol–water partition coefficient (Wildman–Crippen LogP) is 1.66. The van der Waals surface area contributed by atoms with Gasteiger partial charge in [0.15, 0.2) is 17.5 Å². The molecule has 18 heavy (non-hydrogen) atoms. The van der Waals surface area contributed by atoms with Crippen molar-refractivity contribution >= 4 is 17.4 Å². The van der Waals surface area contributed by atoms with Gasteiger partial charge in [-0.15, -0.1) is 0 Å². The summed E-state index contributed by atoms with van der Waals surface area (Å²) in [5.41, 5.74) is 4.87. The van der Waals surface area contributed by atoms with E-state index in [1.165, 1.54) is 0 Å². The summed E-state index contributed by atoms with van der Waals surface area (Å²) in [5, 5.41) is 7.87. The van der Waals surface area contributed by atoms with E-state index in [2.05, 4.69) is 15.5 Å². The van der Waals surface area contributed by atoms with Gasteiger partial charge >= 0.3 is 0 Å². The highest BCUT2D eigenvalue weighted by Crippen LogP contribution is 2.20. The number of carbonyl (C=O) groups excluding carboxylic acids is 1. The number of benzene rings is 1. The number of hydrogen-bond donors (Lipinski definition) is 3. The maximum atomic E-state index is 13.3. The van der Waals surface area contributed by atoms with Gasteiger partial charge < -0.3 is 11.1 Å². The Labute approximate surface area is 98.8 Å². The van der Waals surface area contributed by atoms with Crippen LogP contribution < -0.4 is 11.1 Å². The lowest BCUT2D eigenvalue weighted by molar-refractivity contribution is 0.102. The van der Waals surface area contributed by atoms with Crippen molar-refractivity contribution in [3.8, 4) is 0 Å². The Morgan fingerprint density at radius 1 is 1.28 bits per heavy atom. The normalized spacial score (nSPS) is 10.4. The van der Waals surface area contributed by atoms with Crippen LogP contribution in [0.1, 0.15) is 10.4 Å². The molecule has 1 aromatic heterocycles. The molecule has 2 rings (SSSR count). The summed E-state index contributed by atoms with van der Waals surface area (Å²) >= 11 is 0. The Kier molecular flexibility index (Phi) is 2.92. The second-order valence-corrected chi connectivity index (χ2v) is 3.37. The third-order valence-corrected chi connectivity index (χ3v) is 2.20. The van der Waals surface area contributed by atoms with E-state index in [0.29, 0.717) is 6.07 Å². The van der Waals surface area contributed by atoms with Gasteiger partial charge in [0.25, 0.3) is 5.91 Å². The van der Waals surface area contributed by atoms with Crippen LogP contribution in [-0.4, -0.2) is 16.1 Å². The number of halogens is 3. The Morgan fingerprint density at radius 2 is 2.00 bits per heavy atom. The summed E-state index contributed by atoms with van der Waals surface area (Å²) in [7, 11) is 0. The van der Waals surface area contributed by atoms with Gasteiger partial charge in [-0.25, -0.2) is 13.2 Å². The van der Waals surface area contributed by atoms with E-state index < -0.39 is 29.0 Å². The first-order valence-corrected chi connectivity index (χ1v) is 4.74. The number of nitrogen functional groups attached to an aromatic ring is 1. The van der Waals surface area contributed by atoms with Crippen molar-refractivity contribution in [2.75, 3.05) is 11.1 Å². The standard InChI is InChI=1S/C10H7F3N4O/c11-5-1-2-6(8(13)7(5)12)16-10(18)4-3-15-17-9(4)14/h1-3H,(H,16,18)(H3,14,15,17). The van der Waals surface area contributed by atoms with Gasteiger partial charge in [-0.1, -0.05) is 0 Å². The lowest BCUT2D eigenvalue weighted by Crippen LogP contribution is -2.14. The largest absolute Gasteiger partial charge is 0.383 e. The molecule has 0 unspecified atom stereocenters. The molecule has 0 spiro atoms. The monoisotopic (exact) mass is 256 g/mol. The predicted molar refractivity (Wildman–Crippen MR) is 57.3 cm³/mol. The number of amides is 1. The summed E-state index contributed by atoms with van der Waals surface area (Å²) in [4.78, 5) is 11.6. The number of carbonyl (C=O) groups is 1. The van der Waals surface area contributed by atoms with E-state index in [1.54, 1.807) is 0 Å². The zero-order chi connectivity index (χ0) is 13.3. The Hall–Kier alpha value is -2.51. The lowest BCUT2D eigenvalue weighted by Gasteiger charge is -2.06. The van der Waals surface area contributed by atoms with Crippen LogP contribution in [0.5, 0.6) is 0 Å². The number of nitrogens with two attached hydrogens (primary N) is 1. The second kappa shape index (κ2) is 4.40. The molecule has 94 valence electrons. The highest BCUT2D eigenvalue weighted by atomic mass is 19.2. The van der Waals surface area contributed by atoms with Crippen molar-refractivity contribution in [3.63, 3.8) is 0 Å². The van der Waals surface area contributed by atoms with Crippen LogP contribution in [0.3, 0.4) is 0 Å². The second-order valence-electron chi connectivity index (χ2n) is 3.37. The quantitative estimate of drug-likeness (QED) is 0.714. The Balaban J connectivity index is 2.28. The number of anilines is 2. The molecule has 4 N–H and O–H groups in total. The van der Waals surface area contributed by atoms with Crippen molar-refractivity contribution in [3.05, 3.63) is 41.3 Å². The van der Waals surface area contributed by atoms with E-state index in [0.717, 1.165) is 12.3 Å². The van der Waals surface area contributed by atoms with Gasteiger partial charge in [0.05, 0.1) is 11.9 Å². The Morgan fingerprint density at radius 3 is 2.61 bits per heavy atom. The van der Waals surface area contributed by atoms with Crippen molar-refractivity contribution in [2.24, 2.45) is 0 Å². The minimum atomic E-state index is -1.66. The van der Waals surface area contributed by atoms with E-state index in [9.17, 15) is 18.0 Å². The number of rotatable bonds is 2. The van der Waals surface area contributed by atoms with E-state index >= 15 is 0 Å². The average molecular weight is 256 g/mol. The van der Waals surface area contributed by atoms with E-state index in [-0.39, 0.29) is 11.4 Å². The lowest BCUT2D eigenvalue weighted by atomic mass is 10.2. The Bertz CT molecular complexity index is 611. The van der Waals surface area contributed by atoms with Crippen LogP contribution in [0.25, 0.3) is 0 Å². The molecule has 0 saturated heterocycles. The number of nitrogens with one attached hydrogen (secondary N) is 2. The molecule has 0 bridgehead atoms. The first-order chi connectivity index (χ1) is 8.50. The maximum Gasteiger partial charge on any atom is 0.261 e. The van der Waals surface area contributed by atoms with E-state index in [4.69, 9.17) is 5.73 Å². The topological polar surface area (TPSA) is 83.8 Å². The highest BCUT2D eigenvalue weighted by Gasteiger charge is 2.17. The number of hydrogen-bond acceptors (Lipinski definition) is 3. The average Bonchev–Trinajstić information content (AvgIpc) is 2.76. The zero-order valence-corrected chi connectivity index (χ0v) is 8.80. The zero-order valence-electron chi connectivity index (χ0n) is 8.80. The van der Waals surface area contributed by atoms with Crippen molar-refractivity contribution in [2.45, 2.75) is 0 Å². The van der Waals surface area contributed by atoms with E-state index in [1.807, 2.05) is 0 Å². The SMILES string of the molecule is Nc1[nH]ncc1C(=O)Nc1ccc(F)c(F)c1F. The fourth-order valence-corrected chi connectivity index (χ4v) is 1.29. The number of aromatic amines is 1. The number of H-pyrrole nitrogens is 1. The molecule has 0 aliphatic carbocycles. The summed E-state index contributed by atoms with van der Waals surface area (Å²) in [6, 6.07) is 1.61. The molecule has 0 atom stereocenters. The van der Waals surface area contributed by atoms with Crippen molar-refractivity contribution < 1.29 is 18.0 Å². The van der Waals surface area contributed by atoms with Crippen molar-refractivity contribution in [1.29, 1.82) is 0 Å². The van der Waals surface area contributed by atoms with Crippen LogP contribution >= 0.6 is 0 Å². The molecule has 1 heterocycles.